The maximum atomic E-state index is 5.68. The predicted molar refractivity (Wildman–Crippen MR) is 98.4 cm³/mol. The monoisotopic (exact) mass is 341 g/mol. The minimum Gasteiger partial charge on any atom is -0.477 e. The smallest absolute Gasteiger partial charge is 0.379 e. The summed E-state index contributed by atoms with van der Waals surface area (Å²) in [5.41, 5.74) is 7.81. The van der Waals surface area contributed by atoms with Gasteiger partial charge in [0.2, 0.25) is 5.52 Å². The van der Waals surface area contributed by atoms with Gasteiger partial charge in [-0.3, -0.25) is 0 Å². The van der Waals surface area contributed by atoms with Gasteiger partial charge in [-0.05, 0) is 26.3 Å². The number of nitrogens with zero attached hydrogens (tertiary/aromatic N) is 5. The van der Waals surface area contributed by atoms with E-state index < -0.39 is 0 Å². The summed E-state index contributed by atoms with van der Waals surface area (Å²) < 4.78 is 10.0. The molecule has 3 heterocycles. The summed E-state index contributed by atoms with van der Waals surface area (Å²) in [5.74, 6) is 2.41. The lowest BCUT2D eigenvalue weighted by Gasteiger charge is -2.14. The third-order valence-corrected chi connectivity index (χ3v) is 5.32. The molecule has 3 rings (SSSR count). The first-order chi connectivity index (χ1) is 11.7. The van der Waals surface area contributed by atoms with E-state index in [4.69, 9.17) is 14.7 Å². The van der Waals surface area contributed by atoms with Crippen LogP contribution in [-0.4, -0.2) is 31.2 Å². The molecular formula is C19H27N5O+2. The average molecular weight is 341 g/mol. The summed E-state index contributed by atoms with van der Waals surface area (Å²) in [4.78, 5) is 11.6. The Morgan fingerprint density at radius 1 is 0.920 bits per heavy atom. The van der Waals surface area contributed by atoms with E-state index in [9.17, 15) is 0 Å². The second-order valence-corrected chi connectivity index (χ2v) is 6.87. The molecule has 0 spiro atoms. The van der Waals surface area contributed by atoms with Gasteiger partial charge < -0.3 is 9.64 Å². The van der Waals surface area contributed by atoms with Gasteiger partial charge in [0.05, 0.1) is 14.0 Å². The number of methoxy groups -OCH3 is 1. The molecule has 0 bridgehead atoms. The van der Waals surface area contributed by atoms with E-state index in [2.05, 4.69) is 36.7 Å². The Hall–Kier alpha value is -2.50. The molecule has 0 aromatic carbocycles. The summed E-state index contributed by atoms with van der Waals surface area (Å²) in [6.45, 7) is 10.6. The first kappa shape index (κ1) is 17.3. The van der Waals surface area contributed by atoms with Crippen LogP contribution in [0.5, 0.6) is 5.88 Å². The molecule has 0 fully saturated rings. The van der Waals surface area contributed by atoms with Crippen LogP contribution in [0.1, 0.15) is 28.2 Å². The molecule has 0 aliphatic carbocycles. The Balaban J connectivity index is 2.76. The third kappa shape index (κ3) is 2.31. The van der Waals surface area contributed by atoms with Crippen LogP contribution in [0.25, 0.3) is 16.7 Å². The van der Waals surface area contributed by atoms with E-state index in [1.54, 1.807) is 7.11 Å². The first-order valence-corrected chi connectivity index (χ1v) is 8.44. The number of hydrogen-bond donors (Lipinski definition) is 0. The summed E-state index contributed by atoms with van der Waals surface area (Å²) in [6.07, 6.45) is 0. The van der Waals surface area contributed by atoms with E-state index in [-0.39, 0.29) is 0 Å². The molecule has 0 N–H and O–H groups in total. The van der Waals surface area contributed by atoms with Crippen molar-refractivity contribution < 1.29 is 13.7 Å². The number of aryl methyl sites for hydroxylation is 4. The summed E-state index contributed by atoms with van der Waals surface area (Å²) in [5, 5.41) is 0. The lowest BCUT2D eigenvalue weighted by Crippen LogP contribution is -2.46. The Morgan fingerprint density at radius 3 is 2.12 bits per heavy atom. The van der Waals surface area contributed by atoms with Gasteiger partial charge in [0.1, 0.15) is 12.7 Å². The molecule has 6 heteroatoms. The SMILES string of the molecule is COc1nc2c(N(C)C)nc(C)[n+](C)c2[n+]2c(C)c(C)c(C)c(C)c12. The maximum absolute atomic E-state index is 5.68. The largest absolute Gasteiger partial charge is 0.477 e. The van der Waals surface area contributed by atoms with Crippen molar-refractivity contribution in [3.05, 3.63) is 28.2 Å². The Labute approximate surface area is 148 Å². The molecule has 0 amide bonds. The Morgan fingerprint density at radius 2 is 1.56 bits per heavy atom. The van der Waals surface area contributed by atoms with Gasteiger partial charge in [0.15, 0.2) is 0 Å². The molecule has 25 heavy (non-hydrogen) atoms. The molecule has 0 atom stereocenters. The topological polar surface area (TPSA) is 46.2 Å². The van der Waals surface area contributed by atoms with Crippen LogP contribution in [0, 0.1) is 34.6 Å². The fraction of sp³-hybridized carbons (Fsp3) is 0.474. The van der Waals surface area contributed by atoms with E-state index in [1.807, 2.05) is 33.0 Å². The number of fused-ring (bicyclic) bond motifs is 3. The fourth-order valence-corrected chi connectivity index (χ4v) is 3.41. The van der Waals surface area contributed by atoms with Crippen LogP contribution in [-0.2, 0) is 7.05 Å². The zero-order chi connectivity index (χ0) is 18.6. The number of anilines is 1. The molecule has 0 radical (unpaired) electrons. The number of ether oxygens (including phenoxy) is 1. The van der Waals surface area contributed by atoms with Gasteiger partial charge in [-0.2, -0.15) is 14.0 Å². The predicted octanol–water partition coefficient (Wildman–Crippen LogP) is 1.81. The van der Waals surface area contributed by atoms with E-state index >= 15 is 0 Å². The van der Waals surface area contributed by atoms with Crippen molar-refractivity contribution in [3.8, 4) is 5.88 Å². The van der Waals surface area contributed by atoms with Crippen molar-refractivity contribution in [1.29, 1.82) is 0 Å². The van der Waals surface area contributed by atoms with Crippen LogP contribution in [0.3, 0.4) is 0 Å². The Bertz CT molecular complexity index is 1020. The van der Waals surface area contributed by atoms with Crippen molar-refractivity contribution in [2.75, 3.05) is 26.1 Å². The van der Waals surface area contributed by atoms with Gasteiger partial charge in [-0.1, -0.05) is 0 Å². The molecule has 0 unspecified atom stereocenters. The van der Waals surface area contributed by atoms with Crippen LogP contribution in [0.2, 0.25) is 0 Å². The van der Waals surface area contributed by atoms with Crippen LogP contribution in [0.4, 0.5) is 5.82 Å². The van der Waals surface area contributed by atoms with Crippen molar-refractivity contribution in [3.63, 3.8) is 0 Å². The summed E-state index contributed by atoms with van der Waals surface area (Å²) >= 11 is 0. The van der Waals surface area contributed by atoms with E-state index in [0.29, 0.717) is 5.88 Å². The van der Waals surface area contributed by atoms with Gasteiger partial charge in [0, 0.05) is 37.1 Å². The highest BCUT2D eigenvalue weighted by atomic mass is 16.5. The van der Waals surface area contributed by atoms with Crippen LogP contribution in [0.15, 0.2) is 0 Å². The van der Waals surface area contributed by atoms with Crippen molar-refractivity contribution in [2.45, 2.75) is 34.6 Å². The normalized spacial score (nSPS) is 11.4. The lowest BCUT2D eigenvalue weighted by atomic mass is 10.0. The van der Waals surface area contributed by atoms with Crippen molar-refractivity contribution in [2.24, 2.45) is 7.05 Å². The second kappa shape index (κ2) is 5.79. The quantitative estimate of drug-likeness (QED) is 0.527. The zero-order valence-electron chi connectivity index (χ0n) is 16.6. The molecule has 6 nitrogen and oxygen atoms in total. The summed E-state index contributed by atoms with van der Waals surface area (Å²) in [7, 11) is 7.69. The number of rotatable bonds is 2. The van der Waals surface area contributed by atoms with Crippen molar-refractivity contribution >= 4 is 22.5 Å². The average Bonchev–Trinajstić information content (AvgIpc) is 2.59. The Kier molecular flexibility index (Phi) is 4.01. The third-order valence-electron chi connectivity index (χ3n) is 5.32. The second-order valence-electron chi connectivity index (χ2n) is 6.87. The standard InChI is InChI=1S/C19H27N5O/c1-10-11(2)13(4)24-16(12(10)3)18(25-9)21-15-17(22(6)7)20-14(5)23(8)19(15)24/h1-9H3/q+2. The van der Waals surface area contributed by atoms with Gasteiger partial charge in [-0.15, -0.1) is 0 Å². The van der Waals surface area contributed by atoms with Crippen molar-refractivity contribution in [1.82, 2.24) is 9.97 Å². The highest BCUT2D eigenvalue weighted by molar-refractivity contribution is 5.81. The van der Waals surface area contributed by atoms with E-state index in [0.717, 1.165) is 28.3 Å². The van der Waals surface area contributed by atoms with Gasteiger partial charge in [0.25, 0.3) is 11.4 Å². The molecule has 0 aliphatic rings. The highest BCUT2D eigenvalue weighted by Crippen LogP contribution is 2.28. The summed E-state index contributed by atoms with van der Waals surface area (Å²) in [6, 6.07) is 0. The minimum atomic E-state index is 0.630. The molecule has 0 saturated heterocycles. The van der Waals surface area contributed by atoms with Crippen LogP contribution >= 0.6 is 0 Å². The van der Waals surface area contributed by atoms with Crippen LogP contribution < -0.4 is 18.6 Å². The zero-order valence-corrected chi connectivity index (χ0v) is 16.6. The first-order valence-electron chi connectivity index (χ1n) is 8.44. The number of hydrogen-bond acceptors (Lipinski definition) is 4. The minimum absolute atomic E-state index is 0.630. The molecular weight excluding hydrogens is 314 g/mol. The number of pyridine rings is 1. The number of aromatic nitrogens is 4. The fourth-order valence-electron chi connectivity index (χ4n) is 3.41. The molecule has 3 aromatic rings. The molecule has 3 aromatic heterocycles. The van der Waals surface area contributed by atoms with E-state index in [1.165, 1.54) is 22.4 Å². The molecule has 0 aliphatic heterocycles. The molecule has 0 saturated carbocycles. The highest BCUT2D eigenvalue weighted by Gasteiger charge is 2.32. The molecule has 132 valence electrons. The van der Waals surface area contributed by atoms with Gasteiger partial charge in [-0.25, -0.2) is 0 Å². The maximum Gasteiger partial charge on any atom is 0.379 e. The lowest BCUT2D eigenvalue weighted by molar-refractivity contribution is -0.711. The van der Waals surface area contributed by atoms with Gasteiger partial charge >= 0.3 is 17.3 Å².